The van der Waals surface area contributed by atoms with E-state index in [1.54, 1.807) is 39.0 Å². The van der Waals surface area contributed by atoms with Gasteiger partial charge in [-0.2, -0.15) is 0 Å². The summed E-state index contributed by atoms with van der Waals surface area (Å²) in [6.45, 7) is 11.1. The molecule has 1 rings (SSSR count). The molecule has 0 spiro atoms. The van der Waals surface area contributed by atoms with E-state index in [4.69, 9.17) is 0 Å². The highest BCUT2D eigenvalue weighted by molar-refractivity contribution is 5.94. The molecule has 202 valence electrons. The molecule has 0 saturated heterocycles. The number of aliphatic carboxylic acids is 1. The fourth-order valence-electron chi connectivity index (χ4n) is 3.44. The van der Waals surface area contributed by atoms with Crippen molar-refractivity contribution in [2.24, 2.45) is 17.8 Å². The number of rotatable bonds is 9. The summed E-state index contributed by atoms with van der Waals surface area (Å²) in [5.74, 6) is -3.12. The zero-order valence-corrected chi connectivity index (χ0v) is 22.0. The van der Waals surface area contributed by atoms with Crippen LogP contribution in [0.15, 0.2) is 24.3 Å². The van der Waals surface area contributed by atoms with Crippen LogP contribution in [-0.2, 0) is 19.2 Å². The molecule has 36 heavy (non-hydrogen) atoms. The first kappa shape index (κ1) is 30.7. The van der Waals surface area contributed by atoms with Crippen molar-refractivity contribution in [2.45, 2.75) is 78.6 Å². The number of carboxylic acid groups (broad SMARTS) is 1. The molecule has 0 aliphatic carbocycles. The van der Waals surface area contributed by atoms with Crippen LogP contribution in [0.5, 0.6) is 0 Å². The van der Waals surface area contributed by atoms with Gasteiger partial charge in [0.25, 0.3) is 0 Å². The van der Waals surface area contributed by atoms with Crippen molar-refractivity contribution in [3.05, 3.63) is 24.3 Å². The summed E-state index contributed by atoms with van der Waals surface area (Å²) in [5.41, 5.74) is 0. The van der Waals surface area contributed by atoms with Gasteiger partial charge in [-0.25, -0.2) is 9.59 Å². The number of carboxylic acids is 1. The highest BCUT2D eigenvalue weighted by Gasteiger charge is 2.31. The summed E-state index contributed by atoms with van der Waals surface area (Å²) in [5, 5.41) is 22.6. The Hall–Kier alpha value is -3.37. The quantitative estimate of drug-likeness (QED) is 0.255. The van der Waals surface area contributed by atoms with Crippen LogP contribution in [-0.4, -0.2) is 65.5 Å². The van der Waals surface area contributed by atoms with E-state index in [1.807, 2.05) is 20.8 Å². The van der Waals surface area contributed by atoms with Crippen molar-refractivity contribution in [1.29, 1.82) is 0 Å². The second-order valence-electron chi connectivity index (χ2n) is 9.67. The average molecular weight is 508 g/mol. The van der Waals surface area contributed by atoms with Gasteiger partial charge in [-0.3, -0.25) is 14.4 Å². The standard InChI is InChI=1S/C25H41N5O6/c1-7-16(6)21(30-25(36)29-20(15(4)5)24(34)35)23(33)28-18-10-8-9-13-26-19(31)12-11-17(14(2)3)27-22(18)32/h8,10-12,14-18,20-21H,7,9,13H2,1-6H3,(H,26,31)(H,27,32)(H,28,33)(H,34,35)(H2,29,30,36). The lowest BCUT2D eigenvalue weighted by molar-refractivity contribution is -0.140. The first-order valence-corrected chi connectivity index (χ1v) is 12.4. The number of urea groups is 1. The molecule has 5 atom stereocenters. The van der Waals surface area contributed by atoms with Crippen molar-refractivity contribution in [3.8, 4) is 0 Å². The number of hydrogen-bond donors (Lipinski definition) is 6. The Labute approximate surface area is 212 Å². The Morgan fingerprint density at radius 2 is 1.69 bits per heavy atom. The van der Waals surface area contributed by atoms with E-state index in [1.165, 1.54) is 6.08 Å². The number of amides is 5. The molecular weight excluding hydrogens is 466 g/mol. The number of carbonyl (C=O) groups is 5. The van der Waals surface area contributed by atoms with Crippen molar-refractivity contribution in [3.63, 3.8) is 0 Å². The van der Waals surface area contributed by atoms with Crippen molar-refractivity contribution < 1.29 is 29.1 Å². The lowest BCUT2D eigenvalue weighted by Crippen LogP contribution is -2.59. The van der Waals surface area contributed by atoms with E-state index < -0.39 is 48.0 Å². The summed E-state index contributed by atoms with van der Waals surface area (Å²) in [6.07, 6.45) is 7.25. The van der Waals surface area contributed by atoms with Crippen LogP contribution in [0.2, 0.25) is 0 Å². The lowest BCUT2D eigenvalue weighted by atomic mass is 9.97. The Balaban J connectivity index is 3.08. The van der Waals surface area contributed by atoms with Crippen LogP contribution >= 0.6 is 0 Å². The van der Waals surface area contributed by atoms with Gasteiger partial charge in [-0.1, -0.05) is 66.2 Å². The number of carbonyl (C=O) groups excluding carboxylic acids is 4. The Bertz CT molecular complexity index is 854. The normalized spacial score (nSPS) is 21.3. The minimum atomic E-state index is -1.18. The summed E-state index contributed by atoms with van der Waals surface area (Å²) < 4.78 is 0. The summed E-state index contributed by atoms with van der Waals surface area (Å²) in [7, 11) is 0. The van der Waals surface area contributed by atoms with Gasteiger partial charge in [-0.15, -0.1) is 0 Å². The highest BCUT2D eigenvalue weighted by Crippen LogP contribution is 2.10. The molecule has 1 aliphatic heterocycles. The number of nitrogens with one attached hydrogen (secondary N) is 5. The van der Waals surface area contributed by atoms with Crippen LogP contribution in [0.1, 0.15) is 54.4 Å². The maximum atomic E-state index is 13.2. The maximum Gasteiger partial charge on any atom is 0.326 e. The molecule has 0 radical (unpaired) electrons. The Kier molecular flexibility index (Phi) is 12.7. The molecule has 0 saturated carbocycles. The van der Waals surface area contributed by atoms with Crippen molar-refractivity contribution in [1.82, 2.24) is 26.6 Å². The zero-order valence-electron chi connectivity index (χ0n) is 22.0. The predicted molar refractivity (Wildman–Crippen MR) is 136 cm³/mol. The molecule has 0 fully saturated rings. The molecule has 11 nitrogen and oxygen atoms in total. The van der Waals surface area contributed by atoms with Gasteiger partial charge in [0.1, 0.15) is 18.1 Å². The number of hydrogen-bond acceptors (Lipinski definition) is 5. The third-order valence-corrected chi connectivity index (χ3v) is 6.00. The van der Waals surface area contributed by atoms with E-state index in [0.29, 0.717) is 19.4 Å². The van der Waals surface area contributed by atoms with Gasteiger partial charge < -0.3 is 31.7 Å². The first-order valence-electron chi connectivity index (χ1n) is 12.4. The summed E-state index contributed by atoms with van der Waals surface area (Å²) >= 11 is 0. The molecule has 6 N–H and O–H groups in total. The van der Waals surface area contributed by atoms with Crippen molar-refractivity contribution in [2.75, 3.05) is 6.54 Å². The minimum Gasteiger partial charge on any atom is -0.480 e. The van der Waals surface area contributed by atoms with Gasteiger partial charge in [-0.05, 0) is 24.2 Å². The van der Waals surface area contributed by atoms with E-state index in [-0.39, 0.29) is 23.7 Å². The van der Waals surface area contributed by atoms with E-state index in [0.717, 1.165) is 0 Å². The molecule has 1 aliphatic rings. The van der Waals surface area contributed by atoms with E-state index in [2.05, 4.69) is 26.6 Å². The van der Waals surface area contributed by atoms with Gasteiger partial charge in [0.2, 0.25) is 17.7 Å². The second-order valence-corrected chi connectivity index (χ2v) is 9.67. The second kappa shape index (κ2) is 14.9. The van der Waals surface area contributed by atoms with Crippen LogP contribution < -0.4 is 26.6 Å². The SMILES string of the molecule is CCC(C)C(NC(=O)NC(C(=O)O)C(C)C)C(=O)NC1C=CCCNC(=O)C=CC(C(C)C)NC1=O. The average Bonchev–Trinajstić information content (AvgIpc) is 2.80. The van der Waals surface area contributed by atoms with Gasteiger partial charge >= 0.3 is 12.0 Å². The Morgan fingerprint density at radius 1 is 1.06 bits per heavy atom. The molecule has 0 aromatic heterocycles. The predicted octanol–water partition coefficient (Wildman–Crippen LogP) is 1.07. The fraction of sp³-hybridized carbons (Fsp3) is 0.640. The van der Waals surface area contributed by atoms with Crippen LogP contribution in [0, 0.1) is 17.8 Å². The molecule has 5 unspecified atom stereocenters. The maximum absolute atomic E-state index is 13.2. The molecule has 1 heterocycles. The minimum absolute atomic E-state index is 0.0114. The van der Waals surface area contributed by atoms with Gasteiger partial charge in [0, 0.05) is 18.7 Å². The fourth-order valence-corrected chi connectivity index (χ4v) is 3.44. The molecule has 5 amide bonds. The van der Waals surface area contributed by atoms with Crippen LogP contribution in [0.25, 0.3) is 0 Å². The van der Waals surface area contributed by atoms with Crippen molar-refractivity contribution >= 4 is 29.7 Å². The Morgan fingerprint density at radius 3 is 2.25 bits per heavy atom. The lowest BCUT2D eigenvalue weighted by Gasteiger charge is -2.28. The third-order valence-electron chi connectivity index (χ3n) is 6.00. The van der Waals surface area contributed by atoms with E-state index >= 15 is 0 Å². The van der Waals surface area contributed by atoms with Crippen LogP contribution in [0.3, 0.4) is 0 Å². The molecule has 0 aromatic carbocycles. The highest BCUT2D eigenvalue weighted by atomic mass is 16.4. The van der Waals surface area contributed by atoms with Crippen LogP contribution in [0.4, 0.5) is 4.79 Å². The third kappa shape index (κ3) is 10.1. The van der Waals surface area contributed by atoms with Gasteiger partial charge in [0.05, 0.1) is 0 Å². The zero-order chi connectivity index (χ0) is 27.4. The van der Waals surface area contributed by atoms with E-state index in [9.17, 15) is 29.1 Å². The van der Waals surface area contributed by atoms with Gasteiger partial charge in [0.15, 0.2) is 0 Å². The molecule has 11 heteroatoms. The summed E-state index contributed by atoms with van der Waals surface area (Å²) in [6, 6.07) is -4.35. The molecular formula is C25H41N5O6. The molecule has 0 bridgehead atoms. The largest absolute Gasteiger partial charge is 0.480 e. The first-order chi connectivity index (χ1) is 16.9. The monoisotopic (exact) mass is 507 g/mol. The smallest absolute Gasteiger partial charge is 0.326 e. The molecule has 0 aromatic rings. The summed E-state index contributed by atoms with van der Waals surface area (Å²) in [4.78, 5) is 62.2. The topological polar surface area (TPSA) is 166 Å².